The van der Waals surface area contributed by atoms with Gasteiger partial charge in [-0.05, 0) is 33.1 Å². The van der Waals surface area contributed by atoms with Crippen LogP contribution in [0.3, 0.4) is 0 Å². The molecular formula is C13H27N3O3S. The van der Waals surface area contributed by atoms with Crippen molar-refractivity contribution in [3.8, 4) is 0 Å². The number of nitrogens with two attached hydrogens (primary N) is 1. The highest BCUT2D eigenvalue weighted by molar-refractivity contribution is 7.89. The molecule has 1 atom stereocenters. The SMILES string of the molecule is CCCCS(=O)(=O)N1CCCC1C(=O)NCC(C)(C)N. The van der Waals surface area contributed by atoms with Gasteiger partial charge < -0.3 is 11.1 Å². The Labute approximate surface area is 122 Å². The molecular weight excluding hydrogens is 278 g/mol. The third kappa shape index (κ3) is 5.03. The minimum absolute atomic E-state index is 0.121. The van der Waals surface area contributed by atoms with Gasteiger partial charge in [-0.15, -0.1) is 0 Å². The molecule has 0 aromatic rings. The van der Waals surface area contributed by atoms with Gasteiger partial charge in [0.2, 0.25) is 15.9 Å². The molecule has 3 N–H and O–H groups in total. The first kappa shape index (κ1) is 17.4. The van der Waals surface area contributed by atoms with Gasteiger partial charge in [0.25, 0.3) is 0 Å². The van der Waals surface area contributed by atoms with Crippen LogP contribution in [-0.2, 0) is 14.8 Å². The average molecular weight is 305 g/mol. The van der Waals surface area contributed by atoms with Crippen molar-refractivity contribution >= 4 is 15.9 Å². The Morgan fingerprint density at radius 2 is 2.10 bits per heavy atom. The van der Waals surface area contributed by atoms with Crippen LogP contribution in [0, 0.1) is 0 Å². The number of carbonyl (C=O) groups is 1. The van der Waals surface area contributed by atoms with Crippen LogP contribution in [0.1, 0.15) is 46.5 Å². The van der Waals surface area contributed by atoms with Crippen LogP contribution in [0.5, 0.6) is 0 Å². The van der Waals surface area contributed by atoms with E-state index in [2.05, 4.69) is 5.32 Å². The molecule has 0 spiro atoms. The highest BCUT2D eigenvalue weighted by atomic mass is 32.2. The smallest absolute Gasteiger partial charge is 0.238 e. The normalized spacial score (nSPS) is 21.1. The summed E-state index contributed by atoms with van der Waals surface area (Å²) in [6, 6.07) is -0.570. The van der Waals surface area contributed by atoms with Gasteiger partial charge in [-0.1, -0.05) is 13.3 Å². The van der Waals surface area contributed by atoms with E-state index in [1.807, 2.05) is 20.8 Å². The minimum atomic E-state index is -3.33. The van der Waals surface area contributed by atoms with Crippen LogP contribution in [0.15, 0.2) is 0 Å². The van der Waals surface area contributed by atoms with Gasteiger partial charge in [0.1, 0.15) is 6.04 Å². The molecule has 0 radical (unpaired) electrons. The fraction of sp³-hybridized carbons (Fsp3) is 0.923. The van der Waals surface area contributed by atoms with Gasteiger partial charge >= 0.3 is 0 Å². The molecule has 20 heavy (non-hydrogen) atoms. The number of amides is 1. The number of hydrogen-bond acceptors (Lipinski definition) is 4. The van der Waals surface area contributed by atoms with Crippen LogP contribution in [-0.4, -0.2) is 49.1 Å². The molecule has 6 nitrogen and oxygen atoms in total. The number of sulfonamides is 1. The highest BCUT2D eigenvalue weighted by Crippen LogP contribution is 2.22. The van der Waals surface area contributed by atoms with Crippen LogP contribution in [0.2, 0.25) is 0 Å². The van der Waals surface area contributed by atoms with Crippen molar-refractivity contribution in [1.29, 1.82) is 0 Å². The zero-order valence-electron chi connectivity index (χ0n) is 12.7. The van der Waals surface area contributed by atoms with Crippen molar-refractivity contribution in [3.63, 3.8) is 0 Å². The lowest BCUT2D eigenvalue weighted by Crippen LogP contribution is -2.51. The molecule has 1 rings (SSSR count). The van der Waals surface area contributed by atoms with Crippen molar-refractivity contribution in [1.82, 2.24) is 9.62 Å². The molecule has 1 amide bonds. The average Bonchev–Trinajstić information content (AvgIpc) is 2.82. The van der Waals surface area contributed by atoms with E-state index < -0.39 is 21.6 Å². The summed E-state index contributed by atoms with van der Waals surface area (Å²) < 4.78 is 25.8. The minimum Gasteiger partial charge on any atom is -0.353 e. The van der Waals surface area contributed by atoms with E-state index in [-0.39, 0.29) is 11.7 Å². The lowest BCUT2D eigenvalue weighted by molar-refractivity contribution is -0.124. The van der Waals surface area contributed by atoms with E-state index in [1.165, 1.54) is 4.31 Å². The van der Waals surface area contributed by atoms with E-state index in [1.54, 1.807) is 0 Å². The fourth-order valence-corrected chi connectivity index (χ4v) is 4.10. The molecule has 0 aliphatic carbocycles. The number of hydrogen-bond donors (Lipinski definition) is 2. The Morgan fingerprint density at radius 1 is 1.45 bits per heavy atom. The van der Waals surface area contributed by atoms with Gasteiger partial charge in [0.05, 0.1) is 5.75 Å². The summed E-state index contributed by atoms with van der Waals surface area (Å²) in [5.41, 5.74) is 5.32. The number of rotatable bonds is 7. The monoisotopic (exact) mass is 305 g/mol. The maximum atomic E-state index is 12.2. The summed E-state index contributed by atoms with van der Waals surface area (Å²) in [7, 11) is -3.33. The van der Waals surface area contributed by atoms with Crippen molar-refractivity contribution in [2.45, 2.75) is 58.0 Å². The molecule has 1 saturated heterocycles. The first-order chi connectivity index (χ1) is 9.17. The first-order valence-corrected chi connectivity index (χ1v) is 8.84. The van der Waals surface area contributed by atoms with Crippen LogP contribution in [0.25, 0.3) is 0 Å². The maximum Gasteiger partial charge on any atom is 0.238 e. The van der Waals surface area contributed by atoms with Crippen molar-refractivity contribution in [3.05, 3.63) is 0 Å². The van der Waals surface area contributed by atoms with Gasteiger partial charge in [-0.3, -0.25) is 4.79 Å². The summed E-state index contributed by atoms with van der Waals surface area (Å²) >= 11 is 0. The molecule has 0 aromatic heterocycles. The second kappa shape index (κ2) is 6.87. The largest absolute Gasteiger partial charge is 0.353 e. The molecule has 1 aliphatic rings. The molecule has 1 heterocycles. The van der Waals surface area contributed by atoms with Gasteiger partial charge in [0.15, 0.2) is 0 Å². The van der Waals surface area contributed by atoms with Gasteiger partial charge in [0, 0.05) is 18.6 Å². The molecule has 118 valence electrons. The summed E-state index contributed by atoms with van der Waals surface area (Å²) in [4.78, 5) is 12.2. The molecule has 0 bridgehead atoms. The molecule has 0 saturated carbocycles. The summed E-state index contributed by atoms with van der Waals surface area (Å²) in [5.74, 6) is -0.114. The molecule has 7 heteroatoms. The third-order valence-corrected chi connectivity index (χ3v) is 5.29. The van der Waals surface area contributed by atoms with Crippen LogP contribution >= 0.6 is 0 Å². The van der Waals surface area contributed by atoms with Gasteiger partial charge in [-0.2, -0.15) is 4.31 Å². The summed E-state index contributed by atoms with van der Waals surface area (Å²) in [6.45, 7) is 6.36. The topological polar surface area (TPSA) is 92.5 Å². The third-order valence-electron chi connectivity index (χ3n) is 3.34. The quantitative estimate of drug-likeness (QED) is 0.713. The number of carbonyl (C=O) groups excluding carboxylic acids is 1. The molecule has 1 aliphatic heterocycles. The second-order valence-electron chi connectivity index (χ2n) is 6.14. The Balaban J connectivity index is 2.67. The molecule has 1 unspecified atom stereocenters. The highest BCUT2D eigenvalue weighted by Gasteiger charge is 2.38. The first-order valence-electron chi connectivity index (χ1n) is 7.23. The Kier molecular flexibility index (Phi) is 5.97. The van der Waals surface area contributed by atoms with E-state index in [9.17, 15) is 13.2 Å². The number of unbranched alkanes of at least 4 members (excludes halogenated alkanes) is 1. The van der Waals surface area contributed by atoms with E-state index in [4.69, 9.17) is 5.73 Å². The lowest BCUT2D eigenvalue weighted by atomic mass is 10.1. The Morgan fingerprint density at radius 3 is 2.65 bits per heavy atom. The predicted molar refractivity (Wildman–Crippen MR) is 79.7 cm³/mol. The van der Waals surface area contributed by atoms with Crippen molar-refractivity contribution in [2.75, 3.05) is 18.8 Å². The zero-order valence-corrected chi connectivity index (χ0v) is 13.5. The predicted octanol–water partition coefficient (Wildman–Crippen LogP) is 0.434. The lowest BCUT2D eigenvalue weighted by Gasteiger charge is -2.25. The van der Waals surface area contributed by atoms with Crippen molar-refractivity contribution in [2.24, 2.45) is 5.73 Å². The fourth-order valence-electron chi connectivity index (χ4n) is 2.21. The number of nitrogens with one attached hydrogen (secondary N) is 1. The Bertz CT molecular complexity index is 429. The van der Waals surface area contributed by atoms with Crippen LogP contribution in [0.4, 0.5) is 0 Å². The second-order valence-corrected chi connectivity index (χ2v) is 8.19. The van der Waals surface area contributed by atoms with Crippen molar-refractivity contribution < 1.29 is 13.2 Å². The van der Waals surface area contributed by atoms with E-state index in [0.717, 1.165) is 12.8 Å². The summed E-state index contributed by atoms with van der Waals surface area (Å²) in [6.07, 6.45) is 2.77. The maximum absolute atomic E-state index is 12.2. The zero-order chi connectivity index (χ0) is 15.4. The number of nitrogens with zero attached hydrogens (tertiary/aromatic N) is 1. The molecule has 1 fully saturated rings. The molecule has 0 aromatic carbocycles. The van der Waals surface area contributed by atoms with E-state index >= 15 is 0 Å². The van der Waals surface area contributed by atoms with Crippen LogP contribution < -0.4 is 11.1 Å². The standard InChI is InChI=1S/C13H27N3O3S/c1-4-5-9-20(18,19)16-8-6-7-11(16)12(17)15-10-13(2,3)14/h11H,4-10,14H2,1-3H3,(H,15,17). The van der Waals surface area contributed by atoms with Gasteiger partial charge in [-0.25, -0.2) is 8.42 Å². The van der Waals surface area contributed by atoms with E-state index in [0.29, 0.717) is 25.9 Å². The Hall–Kier alpha value is -0.660. The summed E-state index contributed by atoms with van der Waals surface area (Å²) in [5, 5.41) is 2.75.